The maximum atomic E-state index is 16.1. The molecule has 0 bridgehead atoms. The number of amides is 2. The summed E-state index contributed by atoms with van der Waals surface area (Å²) in [6, 6.07) is 5.95. The van der Waals surface area contributed by atoms with E-state index in [-0.39, 0.29) is 39.9 Å². The number of halogens is 3. The summed E-state index contributed by atoms with van der Waals surface area (Å²) >= 11 is 12.6. The zero-order valence-electron chi connectivity index (χ0n) is 24.7. The highest BCUT2D eigenvalue weighted by Crippen LogP contribution is 2.64. The maximum Gasteiger partial charge on any atom is 0.238 e. The van der Waals surface area contributed by atoms with E-state index in [1.165, 1.54) is 12.5 Å². The first kappa shape index (κ1) is 29.6. The molecule has 4 aliphatic rings. The van der Waals surface area contributed by atoms with Crippen molar-refractivity contribution in [1.82, 2.24) is 30.8 Å². The summed E-state index contributed by atoms with van der Waals surface area (Å²) in [4.78, 5) is 37.3. The minimum Gasteiger partial charge on any atom is -0.352 e. The molecule has 2 saturated carbocycles. The number of carbonyl (C=O) groups is 2. The number of hydrogen-bond donors (Lipinski definition) is 4. The molecule has 3 atom stereocenters. The molecule has 7 rings (SSSR count). The molecular weight excluding hydrogens is 604 g/mol. The molecule has 1 aromatic carbocycles. The first-order valence-electron chi connectivity index (χ1n) is 15.4. The van der Waals surface area contributed by atoms with Crippen molar-refractivity contribution < 1.29 is 14.0 Å². The number of nitrogens with one attached hydrogen (secondary N) is 4. The van der Waals surface area contributed by atoms with Crippen LogP contribution in [-0.2, 0) is 15.0 Å². The van der Waals surface area contributed by atoms with Crippen LogP contribution in [0.4, 0.5) is 10.1 Å². The molecule has 2 aliphatic heterocycles. The Balaban J connectivity index is 1.31. The predicted molar refractivity (Wildman–Crippen MR) is 165 cm³/mol. The van der Waals surface area contributed by atoms with Crippen molar-refractivity contribution in [1.29, 1.82) is 0 Å². The lowest BCUT2D eigenvalue weighted by Gasteiger charge is -2.50. The van der Waals surface area contributed by atoms with Gasteiger partial charge in [-0.2, -0.15) is 5.10 Å². The third-order valence-electron chi connectivity index (χ3n) is 10.8. The van der Waals surface area contributed by atoms with E-state index >= 15 is 4.39 Å². The number of aromatic amines is 1. The first-order chi connectivity index (χ1) is 21.0. The standard InChI is InChI=1S/C32H36Cl2FN7O2/c1-30(2)10-12-31(13-11-30)32(21-8-5-18(33)15-22(21)40-29(32)44)23(20-9-14-36-26(34)24(20)35)25(41-31)28(43)39-19-6-3-17(4-7-19)27-37-16-38-42-27/h5,8-9,14-17,19,23,25,41H,3-4,6-7,10-13H2,1-2H3,(H,39,43)(H,40,44)(H,37,38,42)/t17?,19?,23-,25+,32+/m0/s1. The lowest BCUT2D eigenvalue weighted by molar-refractivity contribution is -0.125. The molecule has 2 aliphatic carbocycles. The summed E-state index contributed by atoms with van der Waals surface area (Å²) < 4.78 is 16.1. The summed E-state index contributed by atoms with van der Waals surface area (Å²) in [6.45, 7) is 4.45. The van der Waals surface area contributed by atoms with E-state index in [1.807, 2.05) is 6.07 Å². The number of nitrogens with zero attached hydrogens (tertiary/aromatic N) is 3. The van der Waals surface area contributed by atoms with Gasteiger partial charge in [-0.05, 0) is 86.1 Å². The third-order valence-corrected chi connectivity index (χ3v) is 11.3. The molecule has 4 N–H and O–H groups in total. The Labute approximate surface area is 265 Å². The Hall–Kier alpha value is -3.08. The second-order valence-electron chi connectivity index (χ2n) is 13.7. The number of carbonyl (C=O) groups excluding carboxylic acids is 2. The van der Waals surface area contributed by atoms with Crippen LogP contribution in [0.2, 0.25) is 10.2 Å². The molecule has 4 heterocycles. The Bertz CT molecular complexity index is 1600. The normalized spacial score (nSPS) is 30.3. The van der Waals surface area contributed by atoms with Crippen molar-refractivity contribution in [2.75, 3.05) is 5.32 Å². The molecule has 1 saturated heterocycles. The Morgan fingerprint density at radius 1 is 1.05 bits per heavy atom. The molecule has 0 unspecified atom stereocenters. The van der Waals surface area contributed by atoms with Crippen LogP contribution in [-0.4, -0.2) is 49.6 Å². The van der Waals surface area contributed by atoms with Crippen LogP contribution in [0.1, 0.15) is 94.0 Å². The number of rotatable bonds is 4. The molecule has 232 valence electrons. The van der Waals surface area contributed by atoms with Crippen molar-refractivity contribution in [3.63, 3.8) is 0 Å². The summed E-state index contributed by atoms with van der Waals surface area (Å²) in [6.07, 6.45) is 9.17. The molecule has 2 amide bonds. The van der Waals surface area contributed by atoms with Gasteiger partial charge in [-0.3, -0.25) is 20.0 Å². The van der Waals surface area contributed by atoms with Crippen LogP contribution < -0.4 is 16.0 Å². The van der Waals surface area contributed by atoms with E-state index in [0.29, 0.717) is 23.6 Å². The average molecular weight is 641 g/mol. The van der Waals surface area contributed by atoms with Gasteiger partial charge in [-0.1, -0.05) is 43.1 Å². The maximum absolute atomic E-state index is 16.1. The molecule has 0 radical (unpaired) electrons. The van der Waals surface area contributed by atoms with Crippen LogP contribution in [0.5, 0.6) is 0 Å². The highest BCUT2D eigenvalue weighted by Gasteiger charge is 2.73. The SMILES string of the molecule is CC1(C)CCC2(CC1)N[C@@H](C(=O)NC1CCC(c3ncn[nH]3)CC1)[C@H](c1ccnc(Cl)c1F)[C@]21C(=O)Nc2cc(Cl)ccc21. The molecule has 44 heavy (non-hydrogen) atoms. The van der Waals surface area contributed by atoms with E-state index in [9.17, 15) is 9.59 Å². The zero-order chi connectivity index (χ0) is 30.9. The lowest BCUT2D eigenvalue weighted by atomic mass is 9.53. The Morgan fingerprint density at radius 2 is 1.80 bits per heavy atom. The highest BCUT2D eigenvalue weighted by molar-refractivity contribution is 6.31. The van der Waals surface area contributed by atoms with Crippen molar-refractivity contribution in [2.45, 2.75) is 100 Å². The fourth-order valence-electron chi connectivity index (χ4n) is 8.54. The number of benzene rings is 1. The van der Waals surface area contributed by atoms with Crippen LogP contribution in [0.3, 0.4) is 0 Å². The predicted octanol–water partition coefficient (Wildman–Crippen LogP) is 5.77. The largest absolute Gasteiger partial charge is 0.352 e. The fraction of sp³-hybridized carbons (Fsp3) is 0.531. The third kappa shape index (κ3) is 4.55. The van der Waals surface area contributed by atoms with Gasteiger partial charge in [-0.15, -0.1) is 0 Å². The van der Waals surface area contributed by atoms with E-state index in [1.54, 1.807) is 18.2 Å². The van der Waals surface area contributed by atoms with Gasteiger partial charge in [-0.25, -0.2) is 14.4 Å². The molecule has 2 spiro atoms. The van der Waals surface area contributed by atoms with Gasteiger partial charge >= 0.3 is 0 Å². The summed E-state index contributed by atoms with van der Waals surface area (Å²) in [7, 11) is 0. The van der Waals surface area contributed by atoms with Crippen LogP contribution >= 0.6 is 23.2 Å². The van der Waals surface area contributed by atoms with Crippen molar-refractivity contribution >= 4 is 40.7 Å². The van der Waals surface area contributed by atoms with Crippen molar-refractivity contribution in [3.05, 3.63) is 69.7 Å². The number of H-pyrrole nitrogens is 1. The number of anilines is 1. The number of hydrogen-bond acceptors (Lipinski definition) is 6. The van der Waals surface area contributed by atoms with Gasteiger partial charge < -0.3 is 10.6 Å². The van der Waals surface area contributed by atoms with Crippen molar-refractivity contribution in [2.24, 2.45) is 5.41 Å². The Morgan fingerprint density at radius 3 is 2.50 bits per heavy atom. The summed E-state index contributed by atoms with van der Waals surface area (Å²) in [5.41, 5.74) is -0.530. The first-order valence-corrected chi connectivity index (χ1v) is 16.1. The quantitative estimate of drug-likeness (QED) is 0.269. The van der Waals surface area contributed by atoms with Crippen LogP contribution in [0.25, 0.3) is 0 Å². The van der Waals surface area contributed by atoms with Gasteiger partial charge in [0.1, 0.15) is 17.6 Å². The van der Waals surface area contributed by atoms with Gasteiger partial charge in [0, 0.05) is 40.3 Å². The van der Waals surface area contributed by atoms with Gasteiger partial charge in [0.2, 0.25) is 11.8 Å². The minimum atomic E-state index is -1.29. The number of aromatic nitrogens is 4. The molecule has 12 heteroatoms. The van der Waals surface area contributed by atoms with E-state index in [0.717, 1.165) is 49.9 Å². The number of fused-ring (bicyclic) bond motifs is 3. The summed E-state index contributed by atoms with van der Waals surface area (Å²) in [5, 5.41) is 17.2. The van der Waals surface area contributed by atoms with Crippen LogP contribution in [0, 0.1) is 11.2 Å². The topological polar surface area (TPSA) is 125 Å². The number of pyridine rings is 1. The molecular formula is C32H36Cl2FN7O2. The molecule has 3 fully saturated rings. The monoisotopic (exact) mass is 639 g/mol. The van der Waals surface area contributed by atoms with E-state index < -0.39 is 28.7 Å². The van der Waals surface area contributed by atoms with Crippen molar-refractivity contribution in [3.8, 4) is 0 Å². The van der Waals surface area contributed by atoms with E-state index in [2.05, 4.69) is 50.0 Å². The second kappa shape index (κ2) is 10.8. The Kier molecular flexibility index (Phi) is 7.25. The fourth-order valence-corrected chi connectivity index (χ4v) is 8.88. The lowest BCUT2D eigenvalue weighted by Crippen LogP contribution is -2.61. The minimum absolute atomic E-state index is 0.0590. The zero-order valence-corrected chi connectivity index (χ0v) is 26.2. The average Bonchev–Trinajstić information content (AvgIpc) is 3.70. The van der Waals surface area contributed by atoms with Gasteiger partial charge in [0.25, 0.3) is 0 Å². The smallest absolute Gasteiger partial charge is 0.238 e. The molecule has 9 nitrogen and oxygen atoms in total. The second-order valence-corrected chi connectivity index (χ2v) is 14.5. The highest BCUT2D eigenvalue weighted by atomic mass is 35.5. The summed E-state index contributed by atoms with van der Waals surface area (Å²) in [5.74, 6) is -0.985. The van der Waals surface area contributed by atoms with Gasteiger partial charge in [0.05, 0.1) is 6.04 Å². The molecule has 3 aromatic rings. The van der Waals surface area contributed by atoms with E-state index in [4.69, 9.17) is 23.2 Å². The molecule has 2 aromatic heterocycles. The van der Waals surface area contributed by atoms with Gasteiger partial charge in [0.15, 0.2) is 11.0 Å². The van der Waals surface area contributed by atoms with Crippen LogP contribution in [0.15, 0.2) is 36.8 Å².